The van der Waals surface area contributed by atoms with Gasteiger partial charge in [0.25, 0.3) is 5.91 Å². The van der Waals surface area contributed by atoms with E-state index in [1.807, 2.05) is 13.0 Å². The van der Waals surface area contributed by atoms with E-state index in [2.05, 4.69) is 15.6 Å². The SMILES string of the molecule is CNc1cc(C(=O)Nc2ccc(OC)cc2C)c(Cl)cn1. The Kier molecular flexibility index (Phi) is 4.65. The molecule has 0 aliphatic carbocycles. The van der Waals surface area contributed by atoms with Crippen molar-refractivity contribution < 1.29 is 9.53 Å². The molecule has 0 radical (unpaired) electrons. The van der Waals surface area contributed by atoms with Crippen molar-refractivity contribution >= 4 is 29.0 Å². The molecule has 0 saturated carbocycles. The van der Waals surface area contributed by atoms with Crippen LogP contribution in [0.25, 0.3) is 0 Å². The van der Waals surface area contributed by atoms with E-state index in [-0.39, 0.29) is 5.91 Å². The molecule has 21 heavy (non-hydrogen) atoms. The molecule has 2 N–H and O–H groups in total. The van der Waals surface area contributed by atoms with Gasteiger partial charge in [0.1, 0.15) is 11.6 Å². The fourth-order valence-electron chi connectivity index (χ4n) is 1.84. The minimum absolute atomic E-state index is 0.285. The van der Waals surface area contributed by atoms with Gasteiger partial charge in [-0.05, 0) is 36.8 Å². The third-order valence-corrected chi connectivity index (χ3v) is 3.34. The van der Waals surface area contributed by atoms with Crippen molar-refractivity contribution in [3.63, 3.8) is 0 Å². The average Bonchev–Trinajstić information content (AvgIpc) is 2.49. The summed E-state index contributed by atoms with van der Waals surface area (Å²) in [5.41, 5.74) is 1.98. The van der Waals surface area contributed by atoms with Crippen molar-refractivity contribution in [2.75, 3.05) is 24.8 Å². The van der Waals surface area contributed by atoms with Crippen LogP contribution in [-0.4, -0.2) is 25.0 Å². The molecule has 1 amide bonds. The number of aryl methyl sites for hydroxylation is 1. The Labute approximate surface area is 128 Å². The van der Waals surface area contributed by atoms with Gasteiger partial charge in [-0.3, -0.25) is 4.79 Å². The summed E-state index contributed by atoms with van der Waals surface area (Å²) >= 11 is 6.03. The minimum atomic E-state index is -0.285. The zero-order chi connectivity index (χ0) is 15.4. The molecule has 0 fully saturated rings. The molecule has 1 heterocycles. The van der Waals surface area contributed by atoms with Crippen molar-refractivity contribution in [3.8, 4) is 5.75 Å². The monoisotopic (exact) mass is 305 g/mol. The van der Waals surface area contributed by atoms with Gasteiger partial charge in [-0.25, -0.2) is 4.98 Å². The highest BCUT2D eigenvalue weighted by atomic mass is 35.5. The zero-order valence-electron chi connectivity index (χ0n) is 12.0. The zero-order valence-corrected chi connectivity index (χ0v) is 12.8. The summed E-state index contributed by atoms with van der Waals surface area (Å²) in [7, 11) is 3.33. The number of amides is 1. The summed E-state index contributed by atoms with van der Waals surface area (Å²) in [5, 5.41) is 6.01. The molecular formula is C15H16ClN3O2. The Hall–Kier alpha value is -2.27. The van der Waals surface area contributed by atoms with E-state index in [9.17, 15) is 4.79 Å². The van der Waals surface area contributed by atoms with Gasteiger partial charge in [-0.1, -0.05) is 11.6 Å². The van der Waals surface area contributed by atoms with Crippen LogP contribution in [0.4, 0.5) is 11.5 Å². The lowest BCUT2D eigenvalue weighted by atomic mass is 10.1. The third-order valence-electron chi connectivity index (χ3n) is 3.04. The number of benzene rings is 1. The first-order valence-electron chi connectivity index (χ1n) is 6.34. The van der Waals surface area contributed by atoms with E-state index in [4.69, 9.17) is 16.3 Å². The molecule has 6 heteroatoms. The summed E-state index contributed by atoms with van der Waals surface area (Å²) < 4.78 is 5.14. The maximum atomic E-state index is 12.3. The van der Waals surface area contributed by atoms with Gasteiger partial charge in [0.05, 0.1) is 17.7 Å². The number of ether oxygens (including phenoxy) is 1. The molecule has 1 aromatic carbocycles. The van der Waals surface area contributed by atoms with Crippen LogP contribution in [0.2, 0.25) is 5.02 Å². The summed E-state index contributed by atoms with van der Waals surface area (Å²) in [6, 6.07) is 7.04. The van der Waals surface area contributed by atoms with Crippen molar-refractivity contribution in [2.45, 2.75) is 6.92 Å². The number of carbonyl (C=O) groups excluding carboxylic acids is 1. The van der Waals surface area contributed by atoms with Crippen LogP contribution in [0.5, 0.6) is 5.75 Å². The summed E-state index contributed by atoms with van der Waals surface area (Å²) in [6.45, 7) is 1.89. The standard InChI is InChI=1S/C15H16ClN3O2/c1-9-6-10(21-3)4-5-13(9)19-15(20)11-7-14(17-2)18-8-12(11)16/h4-8H,1-3H3,(H,17,18)(H,19,20). The Bertz CT molecular complexity index is 674. The molecule has 0 aliphatic heterocycles. The normalized spacial score (nSPS) is 10.1. The highest BCUT2D eigenvalue weighted by Gasteiger charge is 2.13. The molecule has 1 aromatic heterocycles. The number of carbonyl (C=O) groups is 1. The molecule has 2 rings (SSSR count). The lowest BCUT2D eigenvalue weighted by molar-refractivity contribution is 0.102. The Balaban J connectivity index is 2.26. The molecule has 0 aliphatic rings. The molecule has 0 atom stereocenters. The van der Waals surface area contributed by atoms with Crippen LogP contribution in [0.3, 0.4) is 0 Å². The van der Waals surface area contributed by atoms with Crippen LogP contribution in [-0.2, 0) is 0 Å². The van der Waals surface area contributed by atoms with E-state index in [0.29, 0.717) is 22.1 Å². The average molecular weight is 306 g/mol. The number of halogens is 1. The van der Waals surface area contributed by atoms with Crippen LogP contribution < -0.4 is 15.4 Å². The van der Waals surface area contributed by atoms with Crippen molar-refractivity contribution in [3.05, 3.63) is 46.6 Å². The first kappa shape index (κ1) is 15.1. The lowest BCUT2D eigenvalue weighted by Crippen LogP contribution is -2.14. The van der Waals surface area contributed by atoms with E-state index in [1.165, 1.54) is 6.20 Å². The molecule has 110 valence electrons. The van der Waals surface area contributed by atoms with Crippen molar-refractivity contribution in [1.82, 2.24) is 4.98 Å². The second-order valence-electron chi connectivity index (χ2n) is 4.43. The number of anilines is 2. The van der Waals surface area contributed by atoms with Crippen LogP contribution in [0, 0.1) is 6.92 Å². The van der Waals surface area contributed by atoms with Gasteiger partial charge in [0, 0.05) is 18.9 Å². The van der Waals surface area contributed by atoms with E-state index < -0.39 is 0 Å². The largest absolute Gasteiger partial charge is 0.497 e. The number of hydrogen-bond acceptors (Lipinski definition) is 4. The smallest absolute Gasteiger partial charge is 0.257 e. The first-order chi connectivity index (χ1) is 10.0. The number of rotatable bonds is 4. The summed E-state index contributed by atoms with van der Waals surface area (Å²) in [6.07, 6.45) is 1.45. The number of methoxy groups -OCH3 is 1. The molecule has 0 bridgehead atoms. The maximum Gasteiger partial charge on any atom is 0.257 e. The predicted molar refractivity (Wildman–Crippen MR) is 84.5 cm³/mol. The van der Waals surface area contributed by atoms with Gasteiger partial charge in [0.2, 0.25) is 0 Å². The molecule has 5 nitrogen and oxygen atoms in total. The fraction of sp³-hybridized carbons (Fsp3) is 0.200. The van der Waals surface area contributed by atoms with Gasteiger partial charge in [0.15, 0.2) is 0 Å². The highest BCUT2D eigenvalue weighted by Crippen LogP contribution is 2.23. The van der Waals surface area contributed by atoms with Crippen LogP contribution >= 0.6 is 11.6 Å². The molecule has 0 spiro atoms. The number of nitrogens with one attached hydrogen (secondary N) is 2. The minimum Gasteiger partial charge on any atom is -0.497 e. The topological polar surface area (TPSA) is 63.2 Å². The first-order valence-corrected chi connectivity index (χ1v) is 6.72. The molecule has 0 unspecified atom stereocenters. The van der Waals surface area contributed by atoms with Gasteiger partial charge < -0.3 is 15.4 Å². The second-order valence-corrected chi connectivity index (χ2v) is 4.84. The summed E-state index contributed by atoms with van der Waals surface area (Å²) in [5.74, 6) is 1.04. The Morgan fingerprint density at radius 1 is 1.33 bits per heavy atom. The molecule has 0 saturated heterocycles. The van der Waals surface area contributed by atoms with E-state index in [1.54, 1.807) is 32.4 Å². The number of pyridine rings is 1. The van der Waals surface area contributed by atoms with Crippen molar-refractivity contribution in [1.29, 1.82) is 0 Å². The highest BCUT2D eigenvalue weighted by molar-refractivity contribution is 6.34. The number of nitrogens with zero attached hydrogens (tertiary/aromatic N) is 1. The number of aromatic nitrogens is 1. The van der Waals surface area contributed by atoms with Gasteiger partial charge >= 0.3 is 0 Å². The van der Waals surface area contributed by atoms with Crippen LogP contribution in [0.1, 0.15) is 15.9 Å². The van der Waals surface area contributed by atoms with Crippen LogP contribution in [0.15, 0.2) is 30.5 Å². The van der Waals surface area contributed by atoms with Gasteiger partial charge in [-0.15, -0.1) is 0 Å². The maximum absolute atomic E-state index is 12.3. The second kappa shape index (κ2) is 6.45. The molecular weight excluding hydrogens is 290 g/mol. The van der Waals surface area contributed by atoms with E-state index >= 15 is 0 Å². The quantitative estimate of drug-likeness (QED) is 0.909. The Morgan fingerprint density at radius 3 is 2.71 bits per heavy atom. The summed E-state index contributed by atoms with van der Waals surface area (Å²) in [4.78, 5) is 16.4. The van der Waals surface area contributed by atoms with Gasteiger partial charge in [-0.2, -0.15) is 0 Å². The van der Waals surface area contributed by atoms with E-state index in [0.717, 1.165) is 11.3 Å². The lowest BCUT2D eigenvalue weighted by Gasteiger charge is -2.11. The molecule has 2 aromatic rings. The predicted octanol–water partition coefficient (Wildman–Crippen LogP) is 3.35. The number of hydrogen-bond donors (Lipinski definition) is 2. The van der Waals surface area contributed by atoms with Crippen molar-refractivity contribution in [2.24, 2.45) is 0 Å². The Morgan fingerprint density at radius 2 is 2.10 bits per heavy atom. The third kappa shape index (κ3) is 3.44. The fourth-order valence-corrected chi connectivity index (χ4v) is 2.03.